The Morgan fingerprint density at radius 3 is 3.07 bits per heavy atom. The first-order chi connectivity index (χ1) is 6.70. The van der Waals surface area contributed by atoms with Crippen molar-refractivity contribution in [2.75, 3.05) is 6.61 Å². The van der Waals surface area contributed by atoms with Gasteiger partial charge in [-0.3, -0.25) is 9.78 Å². The van der Waals surface area contributed by atoms with Gasteiger partial charge >= 0.3 is 5.97 Å². The number of carbonyl (C=O) groups is 1. The van der Waals surface area contributed by atoms with Gasteiger partial charge in [0.15, 0.2) is 0 Å². The lowest BCUT2D eigenvalue weighted by Crippen LogP contribution is -2.03. The molecule has 0 aliphatic carbocycles. The van der Waals surface area contributed by atoms with E-state index in [1.165, 1.54) is 0 Å². The quantitative estimate of drug-likeness (QED) is 0.725. The fourth-order valence-electron chi connectivity index (χ4n) is 1.03. The number of nitrogens with zero attached hydrogens (tertiary/aromatic N) is 1. The maximum absolute atomic E-state index is 10.2. The molecular formula is C10H13NO3. The second-order valence-electron chi connectivity index (χ2n) is 2.93. The molecule has 0 aliphatic heterocycles. The molecule has 0 spiro atoms. The van der Waals surface area contributed by atoms with Gasteiger partial charge in [-0.25, -0.2) is 0 Å². The highest BCUT2D eigenvalue weighted by molar-refractivity contribution is 5.66. The molecule has 1 N–H and O–H groups in total. The fourth-order valence-corrected chi connectivity index (χ4v) is 1.03. The highest BCUT2D eigenvalue weighted by Crippen LogP contribution is 2.13. The van der Waals surface area contributed by atoms with Crippen LogP contribution in [0, 0.1) is 6.92 Å². The Labute approximate surface area is 82.5 Å². The molecule has 0 saturated heterocycles. The molecule has 0 amide bonds. The van der Waals surface area contributed by atoms with Gasteiger partial charge in [0.1, 0.15) is 5.75 Å². The van der Waals surface area contributed by atoms with Crippen LogP contribution in [0.25, 0.3) is 0 Å². The van der Waals surface area contributed by atoms with Crippen molar-refractivity contribution in [1.29, 1.82) is 0 Å². The first-order valence-electron chi connectivity index (χ1n) is 4.46. The lowest BCUT2D eigenvalue weighted by atomic mass is 10.3. The van der Waals surface area contributed by atoms with Crippen molar-refractivity contribution in [1.82, 2.24) is 4.98 Å². The van der Waals surface area contributed by atoms with Gasteiger partial charge in [0.05, 0.1) is 12.3 Å². The molecular weight excluding hydrogens is 182 g/mol. The van der Waals surface area contributed by atoms with Gasteiger partial charge in [-0.1, -0.05) is 0 Å². The highest BCUT2D eigenvalue weighted by atomic mass is 16.5. The van der Waals surface area contributed by atoms with Crippen molar-refractivity contribution in [2.24, 2.45) is 0 Å². The van der Waals surface area contributed by atoms with E-state index in [-0.39, 0.29) is 6.42 Å². The minimum Gasteiger partial charge on any atom is -0.492 e. The third kappa shape index (κ3) is 3.43. The predicted octanol–water partition coefficient (Wildman–Crippen LogP) is 1.63. The summed E-state index contributed by atoms with van der Waals surface area (Å²) >= 11 is 0. The second-order valence-corrected chi connectivity index (χ2v) is 2.93. The zero-order chi connectivity index (χ0) is 10.4. The summed E-state index contributed by atoms with van der Waals surface area (Å²) in [4.78, 5) is 14.3. The molecule has 0 fully saturated rings. The molecule has 0 unspecified atom stereocenters. The van der Waals surface area contributed by atoms with Crippen LogP contribution in [-0.4, -0.2) is 22.7 Å². The maximum atomic E-state index is 10.2. The second kappa shape index (κ2) is 5.21. The molecule has 0 aliphatic rings. The van der Waals surface area contributed by atoms with Crippen LogP contribution in [0.5, 0.6) is 5.75 Å². The van der Waals surface area contributed by atoms with E-state index in [2.05, 4.69) is 4.98 Å². The van der Waals surface area contributed by atoms with Gasteiger partial charge in [0, 0.05) is 12.6 Å². The molecule has 0 radical (unpaired) electrons. The van der Waals surface area contributed by atoms with Crippen LogP contribution in [0.15, 0.2) is 18.3 Å². The SMILES string of the molecule is Cc1ncccc1OCCCC(=O)O. The summed E-state index contributed by atoms with van der Waals surface area (Å²) in [5.41, 5.74) is 0.822. The molecule has 4 heteroatoms. The van der Waals surface area contributed by atoms with E-state index in [1.807, 2.05) is 13.0 Å². The summed E-state index contributed by atoms with van der Waals surface area (Å²) in [5.74, 6) is -0.0746. The summed E-state index contributed by atoms with van der Waals surface area (Å²) in [7, 11) is 0. The van der Waals surface area contributed by atoms with Gasteiger partial charge in [-0.2, -0.15) is 0 Å². The lowest BCUT2D eigenvalue weighted by Gasteiger charge is -2.06. The first-order valence-corrected chi connectivity index (χ1v) is 4.46. The fraction of sp³-hybridized carbons (Fsp3) is 0.400. The molecule has 76 valence electrons. The molecule has 0 aromatic carbocycles. The number of hydrogen-bond acceptors (Lipinski definition) is 3. The predicted molar refractivity (Wildman–Crippen MR) is 51.3 cm³/mol. The molecule has 4 nitrogen and oxygen atoms in total. The van der Waals surface area contributed by atoms with Crippen LogP contribution < -0.4 is 4.74 Å². The monoisotopic (exact) mass is 195 g/mol. The maximum Gasteiger partial charge on any atom is 0.303 e. The van der Waals surface area contributed by atoms with Crippen molar-refractivity contribution in [3.63, 3.8) is 0 Å². The van der Waals surface area contributed by atoms with Crippen LogP contribution in [0.3, 0.4) is 0 Å². The molecule has 1 aromatic heterocycles. The van der Waals surface area contributed by atoms with Gasteiger partial charge in [0.25, 0.3) is 0 Å². The third-order valence-electron chi connectivity index (χ3n) is 1.75. The standard InChI is InChI=1S/C10H13NO3/c1-8-9(4-2-6-11-8)14-7-3-5-10(12)13/h2,4,6H,3,5,7H2,1H3,(H,12,13). The zero-order valence-electron chi connectivity index (χ0n) is 8.06. The molecule has 0 saturated carbocycles. The van der Waals surface area contributed by atoms with Crippen molar-refractivity contribution in [3.05, 3.63) is 24.0 Å². The number of ether oxygens (including phenoxy) is 1. The first kappa shape index (κ1) is 10.5. The van der Waals surface area contributed by atoms with Gasteiger partial charge in [-0.05, 0) is 25.5 Å². The Bertz CT molecular complexity index is 312. The molecule has 14 heavy (non-hydrogen) atoms. The van der Waals surface area contributed by atoms with E-state index < -0.39 is 5.97 Å². The molecule has 0 atom stereocenters. The average Bonchev–Trinajstić information content (AvgIpc) is 2.15. The highest BCUT2D eigenvalue weighted by Gasteiger charge is 2.00. The summed E-state index contributed by atoms with van der Waals surface area (Å²) in [6.07, 6.45) is 2.35. The van der Waals surface area contributed by atoms with Crippen molar-refractivity contribution in [2.45, 2.75) is 19.8 Å². The smallest absolute Gasteiger partial charge is 0.303 e. The average molecular weight is 195 g/mol. The van der Waals surface area contributed by atoms with Gasteiger partial charge in [0.2, 0.25) is 0 Å². The number of aliphatic carboxylic acids is 1. The summed E-state index contributed by atoms with van der Waals surface area (Å²) < 4.78 is 5.36. The van der Waals surface area contributed by atoms with Crippen LogP contribution in [0.2, 0.25) is 0 Å². The zero-order valence-corrected chi connectivity index (χ0v) is 8.06. The van der Waals surface area contributed by atoms with E-state index >= 15 is 0 Å². The Morgan fingerprint density at radius 2 is 2.43 bits per heavy atom. The Kier molecular flexibility index (Phi) is 3.91. The molecule has 0 bridgehead atoms. The number of carboxylic acid groups (broad SMARTS) is 1. The van der Waals surface area contributed by atoms with Crippen molar-refractivity contribution in [3.8, 4) is 5.75 Å². The number of aromatic nitrogens is 1. The normalized spacial score (nSPS) is 9.79. The Hall–Kier alpha value is -1.58. The van der Waals surface area contributed by atoms with Crippen LogP contribution in [0.4, 0.5) is 0 Å². The van der Waals surface area contributed by atoms with Gasteiger partial charge < -0.3 is 9.84 Å². The van der Waals surface area contributed by atoms with Gasteiger partial charge in [-0.15, -0.1) is 0 Å². The van der Waals surface area contributed by atoms with E-state index in [0.717, 1.165) is 11.4 Å². The van der Waals surface area contributed by atoms with E-state index in [1.54, 1.807) is 12.3 Å². The summed E-state index contributed by atoms with van der Waals surface area (Å²) in [6.45, 7) is 2.27. The van der Waals surface area contributed by atoms with Crippen molar-refractivity contribution < 1.29 is 14.6 Å². The van der Waals surface area contributed by atoms with Crippen molar-refractivity contribution >= 4 is 5.97 Å². The van der Waals surface area contributed by atoms with E-state index in [9.17, 15) is 4.79 Å². The minimum absolute atomic E-state index is 0.138. The molecule has 1 aromatic rings. The lowest BCUT2D eigenvalue weighted by molar-refractivity contribution is -0.137. The molecule has 1 heterocycles. The number of aryl methyl sites for hydroxylation is 1. The Balaban J connectivity index is 2.31. The number of pyridine rings is 1. The largest absolute Gasteiger partial charge is 0.492 e. The van der Waals surface area contributed by atoms with Crippen LogP contribution in [0.1, 0.15) is 18.5 Å². The number of carboxylic acids is 1. The minimum atomic E-state index is -0.795. The Morgan fingerprint density at radius 1 is 1.64 bits per heavy atom. The number of hydrogen-bond donors (Lipinski definition) is 1. The number of rotatable bonds is 5. The summed E-state index contributed by atoms with van der Waals surface area (Å²) in [5, 5.41) is 8.40. The van der Waals surface area contributed by atoms with Crippen LogP contribution >= 0.6 is 0 Å². The third-order valence-corrected chi connectivity index (χ3v) is 1.75. The van der Waals surface area contributed by atoms with Crippen LogP contribution in [-0.2, 0) is 4.79 Å². The topological polar surface area (TPSA) is 59.4 Å². The van der Waals surface area contributed by atoms with E-state index in [0.29, 0.717) is 13.0 Å². The molecule has 1 rings (SSSR count). The van der Waals surface area contributed by atoms with E-state index in [4.69, 9.17) is 9.84 Å². The summed E-state index contributed by atoms with van der Waals surface area (Å²) in [6, 6.07) is 3.61.